The molecule has 1 saturated carbocycles. The molecule has 1 aliphatic carbocycles. The highest BCUT2D eigenvalue weighted by atomic mass is 35.5. The van der Waals surface area contributed by atoms with E-state index in [1.54, 1.807) is 36.4 Å². The van der Waals surface area contributed by atoms with E-state index in [-0.39, 0.29) is 23.8 Å². The number of benzene rings is 2. The predicted octanol–water partition coefficient (Wildman–Crippen LogP) is 3.56. The number of hydrogen-bond donors (Lipinski definition) is 1. The average Bonchev–Trinajstić information content (AvgIpc) is 3.16. The molecule has 55 heavy (non-hydrogen) atoms. The van der Waals surface area contributed by atoms with Gasteiger partial charge in [-0.3, -0.25) is 29.0 Å². The number of piperazine rings is 1. The molecule has 4 aromatic rings. The molecule has 2 N–H and O–H groups in total. The minimum Gasteiger partial charge on any atom is -0.489 e. The second-order valence-electron chi connectivity index (χ2n) is 15.4. The lowest BCUT2D eigenvalue weighted by Crippen LogP contribution is -2.77. The molecule has 0 spiro atoms. The van der Waals surface area contributed by atoms with Gasteiger partial charge in [-0.2, -0.15) is 9.94 Å². The number of imide groups is 1. The molecule has 3 fully saturated rings. The number of nitriles is 1. The molecular weight excluding hydrogens is 722 g/mol. The number of amides is 3. The van der Waals surface area contributed by atoms with E-state index in [2.05, 4.69) is 36.9 Å². The fraction of sp³-hybridized carbons (Fsp3) is 0.400. The Morgan fingerprint density at radius 3 is 2.42 bits per heavy atom. The zero-order valence-corrected chi connectivity index (χ0v) is 31.7. The molecule has 14 nitrogen and oxygen atoms in total. The van der Waals surface area contributed by atoms with Crippen LogP contribution < -0.4 is 20.9 Å². The largest absolute Gasteiger partial charge is 0.489 e. The third kappa shape index (κ3) is 6.88. The van der Waals surface area contributed by atoms with Crippen LogP contribution in [-0.4, -0.2) is 92.4 Å². The molecular formula is C40H40ClN9O5. The van der Waals surface area contributed by atoms with Gasteiger partial charge in [0.1, 0.15) is 35.2 Å². The predicted molar refractivity (Wildman–Crippen MR) is 204 cm³/mol. The third-order valence-electron chi connectivity index (χ3n) is 11.0. The summed E-state index contributed by atoms with van der Waals surface area (Å²) in [5, 5.41) is 18.5. The quantitative estimate of drug-likeness (QED) is 0.215. The highest BCUT2D eigenvalue weighted by Crippen LogP contribution is 2.58. The van der Waals surface area contributed by atoms with Gasteiger partial charge in [-0.15, -0.1) is 5.10 Å². The van der Waals surface area contributed by atoms with Crippen LogP contribution in [-0.2, 0) is 9.59 Å². The number of carbonyl (C=O) groups excluding carboxylic acids is 3. The maximum absolute atomic E-state index is 14.2. The fourth-order valence-corrected chi connectivity index (χ4v) is 8.84. The van der Waals surface area contributed by atoms with Crippen molar-refractivity contribution < 1.29 is 19.1 Å². The number of carbonyl (C=O) groups is 3. The molecule has 2 aromatic heterocycles. The first-order valence-corrected chi connectivity index (χ1v) is 18.4. The number of piperidine rings is 1. The van der Waals surface area contributed by atoms with E-state index >= 15 is 0 Å². The van der Waals surface area contributed by atoms with E-state index in [9.17, 15) is 24.4 Å². The number of nitrogens with two attached hydrogens (primary N) is 1. The van der Waals surface area contributed by atoms with E-state index in [1.165, 1.54) is 11.1 Å². The Morgan fingerprint density at radius 1 is 1.02 bits per heavy atom. The summed E-state index contributed by atoms with van der Waals surface area (Å²) in [7, 11) is 0. The number of pyridine rings is 1. The molecule has 0 radical (unpaired) electrons. The second kappa shape index (κ2) is 14.4. The monoisotopic (exact) mass is 761 g/mol. The molecule has 7 rings (SSSR count). The Morgan fingerprint density at radius 2 is 1.76 bits per heavy atom. The summed E-state index contributed by atoms with van der Waals surface area (Å²) in [5.41, 5.74) is 6.06. The van der Waals surface area contributed by atoms with Crippen molar-refractivity contribution in [3.8, 4) is 23.7 Å². The molecule has 1 unspecified atom stereocenters. The van der Waals surface area contributed by atoms with Crippen LogP contribution in [0.3, 0.4) is 0 Å². The van der Waals surface area contributed by atoms with E-state index in [0.29, 0.717) is 40.0 Å². The van der Waals surface area contributed by atoms with Crippen LogP contribution in [0.15, 0.2) is 59.5 Å². The number of aromatic nitrogens is 4. The van der Waals surface area contributed by atoms with Gasteiger partial charge in [0.2, 0.25) is 11.8 Å². The number of nitrogens with zero attached hydrogens (tertiary/aromatic N) is 8. The maximum atomic E-state index is 14.2. The number of ether oxygens (including phenoxy) is 1. The van der Waals surface area contributed by atoms with Crippen LogP contribution in [0.5, 0.6) is 5.75 Å². The third-order valence-corrected chi connectivity index (χ3v) is 11.3. The normalized spacial score (nSPS) is 22.0. The molecule has 2 aromatic carbocycles. The highest BCUT2D eigenvalue weighted by molar-refractivity contribution is 6.31. The van der Waals surface area contributed by atoms with Gasteiger partial charge in [-0.25, -0.2) is 4.98 Å². The van der Waals surface area contributed by atoms with Gasteiger partial charge in [0.15, 0.2) is 0 Å². The number of fused-ring (bicyclic) bond motifs is 1. The van der Waals surface area contributed by atoms with Gasteiger partial charge in [-0.1, -0.05) is 50.4 Å². The molecule has 2 aliphatic heterocycles. The van der Waals surface area contributed by atoms with Crippen LogP contribution in [0.2, 0.25) is 5.02 Å². The number of likely N-dealkylation sites (tertiary alicyclic amines) is 1. The molecule has 282 valence electrons. The second-order valence-corrected chi connectivity index (χ2v) is 15.8. The lowest BCUT2D eigenvalue weighted by molar-refractivity contribution is -0.216. The van der Waals surface area contributed by atoms with Crippen molar-refractivity contribution in [2.75, 3.05) is 37.6 Å². The summed E-state index contributed by atoms with van der Waals surface area (Å²) < 4.78 is 7.51. The Balaban J connectivity index is 1.02. The molecule has 4 heterocycles. The van der Waals surface area contributed by atoms with E-state index < -0.39 is 46.4 Å². The van der Waals surface area contributed by atoms with Crippen molar-refractivity contribution in [3.05, 3.63) is 86.9 Å². The zero-order chi connectivity index (χ0) is 39.2. The van der Waals surface area contributed by atoms with E-state index in [0.717, 1.165) is 36.5 Å². The first kappa shape index (κ1) is 37.5. The van der Waals surface area contributed by atoms with Crippen molar-refractivity contribution in [2.24, 2.45) is 16.6 Å². The first-order valence-electron chi connectivity index (χ1n) is 18.0. The standard InChI is InChI=1S/C40H40ClN9O5/c1-39(2)37(40(3,4)38(39)55-28-11-8-24(22-42)30(41)21-28)49-33(51)14-13-32(36(49)54)50-35(53)29-12-10-27(20-31(29)45-46-50)48-18-16-47(17-19-48)15-5-6-26-9-7-25(23-44-26)34(43)52/h7-12,20-21,23,32,37-38H,13-19H2,1-4H3,(H2,43,52). The number of hydrogen-bond acceptors (Lipinski definition) is 11. The number of halogens is 1. The summed E-state index contributed by atoms with van der Waals surface area (Å²) in [5.74, 6) is 5.32. The molecule has 1 atom stereocenters. The summed E-state index contributed by atoms with van der Waals surface area (Å²) in [6.07, 6.45) is 1.22. The van der Waals surface area contributed by atoms with Crippen molar-refractivity contribution in [1.82, 2.24) is 29.8 Å². The van der Waals surface area contributed by atoms with Crippen LogP contribution in [0, 0.1) is 34.0 Å². The smallest absolute Gasteiger partial charge is 0.278 e. The van der Waals surface area contributed by atoms with Crippen LogP contribution in [0.1, 0.15) is 68.2 Å². The fourth-order valence-electron chi connectivity index (χ4n) is 8.62. The van der Waals surface area contributed by atoms with Crippen molar-refractivity contribution in [1.29, 1.82) is 5.26 Å². The molecule has 2 saturated heterocycles. The molecule has 15 heteroatoms. The Hall–Kier alpha value is -5.83. The Bertz CT molecular complexity index is 2350. The maximum Gasteiger partial charge on any atom is 0.278 e. The molecule has 3 amide bonds. The SMILES string of the molecule is CC1(C)C(Oc2ccc(C#N)c(Cl)c2)C(C)(C)C1N1C(=O)CCC(n2nnc3cc(N4CCN(CC#Cc5ccc(C(N)=O)cn5)CC4)ccc3c2=O)C1=O. The van der Waals surface area contributed by atoms with E-state index in [1.807, 2.05) is 45.9 Å². The van der Waals surface area contributed by atoms with Gasteiger partial charge in [0.25, 0.3) is 11.5 Å². The minimum absolute atomic E-state index is 0.0689. The summed E-state index contributed by atoms with van der Waals surface area (Å²) in [6.45, 7) is 11.4. The topological polar surface area (TPSA) is 181 Å². The van der Waals surface area contributed by atoms with E-state index in [4.69, 9.17) is 22.1 Å². The average molecular weight is 762 g/mol. The Kier molecular flexibility index (Phi) is 9.84. The number of anilines is 1. The van der Waals surface area contributed by atoms with Gasteiger partial charge in [0.05, 0.1) is 34.1 Å². The summed E-state index contributed by atoms with van der Waals surface area (Å²) in [6, 6.07) is 14.1. The zero-order valence-electron chi connectivity index (χ0n) is 31.0. The summed E-state index contributed by atoms with van der Waals surface area (Å²) >= 11 is 6.26. The lowest BCUT2D eigenvalue weighted by Gasteiger charge is -2.65. The van der Waals surface area contributed by atoms with Crippen LogP contribution >= 0.6 is 11.6 Å². The van der Waals surface area contributed by atoms with Gasteiger partial charge < -0.3 is 15.4 Å². The highest BCUT2D eigenvalue weighted by Gasteiger charge is 2.68. The van der Waals surface area contributed by atoms with Gasteiger partial charge in [0, 0.05) is 61.4 Å². The Labute approximate surface area is 322 Å². The van der Waals surface area contributed by atoms with Crippen molar-refractivity contribution in [3.63, 3.8) is 0 Å². The minimum atomic E-state index is -0.993. The number of rotatable bonds is 7. The van der Waals surface area contributed by atoms with Crippen molar-refractivity contribution >= 4 is 45.9 Å². The lowest BCUT2D eigenvalue weighted by atomic mass is 9.48. The van der Waals surface area contributed by atoms with Crippen LogP contribution in [0.25, 0.3) is 10.9 Å². The van der Waals surface area contributed by atoms with Gasteiger partial charge >= 0.3 is 0 Å². The van der Waals surface area contributed by atoms with Crippen molar-refractivity contribution in [2.45, 2.75) is 58.7 Å². The first-order chi connectivity index (χ1) is 26.2. The van der Waals surface area contributed by atoms with Crippen LogP contribution in [0.4, 0.5) is 5.69 Å². The molecule has 0 bridgehead atoms. The number of primary amides is 1. The van der Waals surface area contributed by atoms with Gasteiger partial charge in [-0.05, 0) is 54.8 Å². The summed E-state index contributed by atoms with van der Waals surface area (Å²) in [4.78, 5) is 62.8. The molecule has 3 aliphatic rings.